The van der Waals surface area contributed by atoms with Gasteiger partial charge in [0.25, 0.3) is 0 Å². The number of piperidine rings is 1. The molecule has 4 heteroatoms. The number of ether oxygens (including phenoxy) is 1. The van der Waals surface area contributed by atoms with Crippen LogP contribution in [-0.4, -0.2) is 35.5 Å². The molecule has 2 aliphatic rings. The summed E-state index contributed by atoms with van der Waals surface area (Å²) >= 11 is 0. The van der Waals surface area contributed by atoms with E-state index >= 15 is 0 Å². The van der Waals surface area contributed by atoms with Crippen molar-refractivity contribution in [3.05, 3.63) is 65.7 Å². The fourth-order valence-electron chi connectivity index (χ4n) is 4.50. The Kier molecular flexibility index (Phi) is 4.93. The second kappa shape index (κ2) is 7.50. The summed E-state index contributed by atoms with van der Waals surface area (Å²) in [4.78, 5) is 14.0. The molecule has 2 aliphatic heterocycles. The first-order valence-corrected chi connectivity index (χ1v) is 9.55. The van der Waals surface area contributed by atoms with Gasteiger partial charge in [-0.25, -0.2) is 0 Å². The number of hydrogen-bond donors (Lipinski definition) is 1. The van der Waals surface area contributed by atoms with E-state index in [1.165, 1.54) is 18.4 Å². The van der Waals surface area contributed by atoms with E-state index in [1.54, 1.807) is 12.1 Å². The van der Waals surface area contributed by atoms with Gasteiger partial charge >= 0.3 is 0 Å². The van der Waals surface area contributed by atoms with E-state index < -0.39 is 5.91 Å². The maximum Gasteiger partial charge on any atom is 0.248 e. The van der Waals surface area contributed by atoms with Crippen LogP contribution in [0.2, 0.25) is 0 Å². The van der Waals surface area contributed by atoms with E-state index in [0.717, 1.165) is 31.6 Å². The van der Waals surface area contributed by atoms with E-state index in [1.807, 2.05) is 12.1 Å². The molecule has 4 nitrogen and oxygen atoms in total. The van der Waals surface area contributed by atoms with Crippen molar-refractivity contribution in [1.82, 2.24) is 4.90 Å². The number of carbonyl (C=O) groups is 1. The van der Waals surface area contributed by atoms with Crippen molar-refractivity contribution in [3.8, 4) is 5.75 Å². The van der Waals surface area contributed by atoms with Gasteiger partial charge < -0.3 is 10.5 Å². The zero-order valence-electron chi connectivity index (χ0n) is 15.0. The van der Waals surface area contributed by atoms with Crippen molar-refractivity contribution >= 4 is 5.91 Å². The highest BCUT2D eigenvalue weighted by atomic mass is 16.5. The van der Waals surface area contributed by atoms with E-state index in [-0.39, 0.29) is 6.10 Å². The van der Waals surface area contributed by atoms with Crippen LogP contribution in [0.1, 0.15) is 41.6 Å². The van der Waals surface area contributed by atoms with Gasteiger partial charge in [-0.3, -0.25) is 9.69 Å². The fraction of sp³-hybridized carbons (Fsp3) is 0.409. The predicted octanol–water partition coefficient (Wildman–Crippen LogP) is 3.40. The van der Waals surface area contributed by atoms with Gasteiger partial charge in [0.05, 0.1) is 0 Å². The molecule has 2 saturated heterocycles. The molecular weight excluding hydrogens is 324 g/mol. The maximum atomic E-state index is 11.4. The number of fused-ring (bicyclic) bond motifs is 2. The van der Waals surface area contributed by atoms with Gasteiger partial charge in [-0.05, 0) is 55.9 Å². The molecule has 4 rings (SSSR count). The molecular formula is C22H26N2O2. The lowest BCUT2D eigenvalue weighted by Crippen LogP contribution is -2.47. The molecule has 1 unspecified atom stereocenters. The van der Waals surface area contributed by atoms with Crippen LogP contribution in [0.4, 0.5) is 0 Å². The summed E-state index contributed by atoms with van der Waals surface area (Å²) in [6, 6.07) is 19.2. The Hall–Kier alpha value is -2.33. The smallest absolute Gasteiger partial charge is 0.248 e. The zero-order chi connectivity index (χ0) is 17.9. The number of nitrogens with two attached hydrogens (primary N) is 1. The lowest BCUT2D eigenvalue weighted by atomic mass is 9.98. The van der Waals surface area contributed by atoms with E-state index in [9.17, 15) is 4.79 Å². The second-order valence-electron chi connectivity index (χ2n) is 7.46. The Bertz CT molecular complexity index is 748. The van der Waals surface area contributed by atoms with Crippen LogP contribution < -0.4 is 10.5 Å². The Balaban J connectivity index is 1.36. The van der Waals surface area contributed by atoms with Crippen LogP contribution in [0.3, 0.4) is 0 Å². The first-order valence-electron chi connectivity index (χ1n) is 9.55. The number of benzene rings is 2. The van der Waals surface area contributed by atoms with Crippen molar-refractivity contribution in [2.75, 3.05) is 6.54 Å². The van der Waals surface area contributed by atoms with Crippen LogP contribution in [0.25, 0.3) is 0 Å². The Labute approximate surface area is 155 Å². The number of primary amides is 1. The number of nitrogens with zero attached hydrogens (tertiary/aromatic N) is 1. The molecule has 0 aliphatic carbocycles. The van der Waals surface area contributed by atoms with Crippen LogP contribution >= 0.6 is 0 Å². The summed E-state index contributed by atoms with van der Waals surface area (Å²) in [7, 11) is 0. The fourth-order valence-corrected chi connectivity index (χ4v) is 4.50. The summed E-state index contributed by atoms with van der Waals surface area (Å²) in [5.41, 5.74) is 7.28. The molecule has 2 fully saturated rings. The quantitative estimate of drug-likeness (QED) is 0.869. The zero-order valence-corrected chi connectivity index (χ0v) is 15.0. The van der Waals surface area contributed by atoms with Gasteiger partial charge in [0.2, 0.25) is 5.91 Å². The van der Waals surface area contributed by atoms with Crippen LogP contribution in [0.5, 0.6) is 5.75 Å². The second-order valence-corrected chi connectivity index (χ2v) is 7.46. The highest BCUT2D eigenvalue weighted by Gasteiger charge is 2.41. The summed E-state index contributed by atoms with van der Waals surface area (Å²) in [5.74, 6) is 0.342. The molecule has 2 aromatic carbocycles. The van der Waals surface area contributed by atoms with Crippen molar-refractivity contribution in [2.45, 2.75) is 50.3 Å². The monoisotopic (exact) mass is 350 g/mol. The Morgan fingerprint density at radius 3 is 2.46 bits per heavy atom. The van der Waals surface area contributed by atoms with E-state index in [0.29, 0.717) is 17.6 Å². The third-order valence-electron chi connectivity index (χ3n) is 5.76. The van der Waals surface area contributed by atoms with Gasteiger partial charge in [-0.2, -0.15) is 0 Å². The number of rotatable bonds is 6. The highest BCUT2D eigenvalue weighted by Crippen LogP contribution is 2.37. The predicted molar refractivity (Wildman–Crippen MR) is 102 cm³/mol. The molecule has 2 N–H and O–H groups in total. The van der Waals surface area contributed by atoms with Crippen molar-refractivity contribution < 1.29 is 9.53 Å². The number of hydrogen-bond acceptors (Lipinski definition) is 3. The van der Waals surface area contributed by atoms with E-state index in [4.69, 9.17) is 10.5 Å². The molecule has 0 radical (unpaired) electrons. The van der Waals surface area contributed by atoms with Gasteiger partial charge in [0, 0.05) is 24.2 Å². The summed E-state index contributed by atoms with van der Waals surface area (Å²) in [6.07, 6.45) is 5.99. The molecule has 2 heterocycles. The molecule has 26 heavy (non-hydrogen) atoms. The first-order chi connectivity index (χ1) is 12.7. The minimum absolute atomic E-state index is 0.226. The molecule has 2 bridgehead atoms. The molecule has 136 valence electrons. The van der Waals surface area contributed by atoms with Crippen molar-refractivity contribution in [2.24, 2.45) is 5.73 Å². The Morgan fingerprint density at radius 1 is 1.04 bits per heavy atom. The molecule has 3 atom stereocenters. The van der Waals surface area contributed by atoms with Gasteiger partial charge in [-0.1, -0.05) is 36.4 Å². The Morgan fingerprint density at radius 2 is 1.77 bits per heavy atom. The molecule has 2 aromatic rings. The largest absolute Gasteiger partial charge is 0.490 e. The average molecular weight is 350 g/mol. The van der Waals surface area contributed by atoms with Crippen LogP contribution in [0, 0.1) is 0 Å². The number of amides is 1. The number of carbonyl (C=O) groups excluding carboxylic acids is 1. The van der Waals surface area contributed by atoms with Gasteiger partial charge in [0.1, 0.15) is 11.9 Å². The average Bonchev–Trinajstić information content (AvgIpc) is 2.89. The standard InChI is InChI=1S/C22H26N2O2/c23-22(25)17-7-4-8-20(13-17)26-21-14-18-9-10-19(15-21)24(18)12-11-16-5-2-1-3-6-16/h1-8,13,18-19,21H,9-12,14-15H2,(H2,23,25)/t18-,19+,21?. The normalized spacial score (nSPS) is 25.2. The lowest BCUT2D eigenvalue weighted by Gasteiger charge is -2.39. The maximum absolute atomic E-state index is 11.4. The first kappa shape index (κ1) is 17.1. The molecule has 1 amide bonds. The van der Waals surface area contributed by atoms with Gasteiger partial charge in [-0.15, -0.1) is 0 Å². The highest BCUT2D eigenvalue weighted by molar-refractivity contribution is 5.93. The third-order valence-corrected chi connectivity index (χ3v) is 5.76. The van der Waals surface area contributed by atoms with Crippen LogP contribution in [-0.2, 0) is 6.42 Å². The van der Waals surface area contributed by atoms with Crippen molar-refractivity contribution in [3.63, 3.8) is 0 Å². The lowest BCUT2D eigenvalue weighted by molar-refractivity contribution is 0.0501. The van der Waals surface area contributed by atoms with Crippen LogP contribution in [0.15, 0.2) is 54.6 Å². The molecule has 0 aromatic heterocycles. The molecule has 0 saturated carbocycles. The summed E-state index contributed by atoms with van der Waals surface area (Å²) in [5, 5.41) is 0. The minimum Gasteiger partial charge on any atom is -0.490 e. The summed E-state index contributed by atoms with van der Waals surface area (Å²) in [6.45, 7) is 1.13. The van der Waals surface area contributed by atoms with Gasteiger partial charge in [0.15, 0.2) is 0 Å². The van der Waals surface area contributed by atoms with E-state index in [2.05, 4.69) is 35.2 Å². The summed E-state index contributed by atoms with van der Waals surface area (Å²) < 4.78 is 6.20. The topological polar surface area (TPSA) is 55.6 Å². The third kappa shape index (κ3) is 3.75. The van der Waals surface area contributed by atoms with Crippen molar-refractivity contribution in [1.29, 1.82) is 0 Å². The molecule has 0 spiro atoms. The SMILES string of the molecule is NC(=O)c1cccc(OC2C[C@H]3CC[C@@H](C2)N3CCc2ccccc2)c1. The minimum atomic E-state index is -0.411.